The van der Waals surface area contributed by atoms with Crippen molar-refractivity contribution in [2.24, 2.45) is 0 Å². The van der Waals surface area contributed by atoms with Gasteiger partial charge in [-0.05, 0) is 103 Å². The SMILES string of the molecule is c1ccc(-c2ccc(-c3ccc(N(c4cccc(-c5ccccc5)c4)c4cccc5oc6c7ccccc7c(-c7ccccc7-c7ccccc7)cc6c45)cc3)cc2)cc1. The van der Waals surface area contributed by atoms with Crippen LogP contribution in [-0.4, -0.2) is 0 Å². The molecule has 0 bridgehead atoms. The first-order valence-electron chi connectivity index (χ1n) is 20.5. The molecular formula is C58H39NO. The second kappa shape index (κ2) is 15.1. The third-order valence-corrected chi connectivity index (χ3v) is 11.7. The van der Waals surface area contributed by atoms with Crippen LogP contribution in [0, 0.1) is 0 Å². The summed E-state index contributed by atoms with van der Waals surface area (Å²) >= 11 is 0. The maximum Gasteiger partial charge on any atom is 0.143 e. The topological polar surface area (TPSA) is 16.4 Å². The summed E-state index contributed by atoms with van der Waals surface area (Å²) in [6.07, 6.45) is 0. The van der Waals surface area contributed by atoms with E-state index in [4.69, 9.17) is 4.42 Å². The van der Waals surface area contributed by atoms with Crippen molar-refractivity contribution >= 4 is 49.8 Å². The summed E-state index contributed by atoms with van der Waals surface area (Å²) in [5, 5.41) is 4.41. The Balaban J connectivity index is 1.11. The van der Waals surface area contributed by atoms with Crippen LogP contribution >= 0.6 is 0 Å². The first-order valence-corrected chi connectivity index (χ1v) is 20.5. The minimum absolute atomic E-state index is 0.848. The normalized spacial score (nSPS) is 11.3. The van der Waals surface area contributed by atoms with Gasteiger partial charge in [0.15, 0.2) is 0 Å². The van der Waals surface area contributed by atoms with E-state index < -0.39 is 0 Å². The van der Waals surface area contributed by atoms with Gasteiger partial charge in [0.05, 0.1) is 11.1 Å². The molecule has 2 heteroatoms. The van der Waals surface area contributed by atoms with E-state index in [0.717, 1.165) is 60.9 Å². The maximum atomic E-state index is 6.92. The van der Waals surface area contributed by atoms with Crippen LogP contribution < -0.4 is 4.90 Å². The molecule has 0 atom stereocenters. The number of anilines is 3. The van der Waals surface area contributed by atoms with Crippen molar-refractivity contribution in [3.8, 4) is 55.6 Å². The van der Waals surface area contributed by atoms with E-state index >= 15 is 0 Å². The molecule has 60 heavy (non-hydrogen) atoms. The molecule has 0 N–H and O–H groups in total. The predicted octanol–water partition coefficient (Wildman–Crippen LogP) is 16.5. The molecule has 282 valence electrons. The van der Waals surface area contributed by atoms with Crippen LogP contribution in [0.3, 0.4) is 0 Å². The molecular weight excluding hydrogens is 727 g/mol. The predicted molar refractivity (Wildman–Crippen MR) is 253 cm³/mol. The van der Waals surface area contributed by atoms with Crippen molar-refractivity contribution in [2.45, 2.75) is 0 Å². The fourth-order valence-corrected chi connectivity index (χ4v) is 8.80. The molecule has 1 heterocycles. The summed E-state index contributed by atoms with van der Waals surface area (Å²) in [5.74, 6) is 0. The number of hydrogen-bond donors (Lipinski definition) is 0. The highest BCUT2D eigenvalue weighted by Crippen LogP contribution is 2.48. The number of rotatable bonds is 8. The zero-order valence-electron chi connectivity index (χ0n) is 32.9. The van der Waals surface area contributed by atoms with Crippen molar-refractivity contribution in [3.63, 3.8) is 0 Å². The molecule has 0 saturated carbocycles. The van der Waals surface area contributed by atoms with Gasteiger partial charge < -0.3 is 9.32 Å². The van der Waals surface area contributed by atoms with Crippen molar-refractivity contribution in [1.82, 2.24) is 0 Å². The molecule has 11 aromatic rings. The van der Waals surface area contributed by atoms with Gasteiger partial charge in [-0.25, -0.2) is 0 Å². The molecule has 1 aromatic heterocycles. The lowest BCUT2D eigenvalue weighted by Crippen LogP contribution is -2.10. The molecule has 0 aliphatic carbocycles. The lowest BCUT2D eigenvalue weighted by Gasteiger charge is -2.27. The summed E-state index contributed by atoms with van der Waals surface area (Å²) < 4.78 is 6.92. The van der Waals surface area contributed by atoms with E-state index in [2.05, 4.69) is 241 Å². The minimum Gasteiger partial charge on any atom is -0.455 e. The Morgan fingerprint density at radius 2 is 0.783 bits per heavy atom. The summed E-state index contributed by atoms with van der Waals surface area (Å²) in [6, 6.07) is 84.7. The lowest BCUT2D eigenvalue weighted by molar-refractivity contribution is 0.672. The first-order chi connectivity index (χ1) is 29.8. The molecule has 2 nitrogen and oxygen atoms in total. The second-order valence-electron chi connectivity index (χ2n) is 15.3. The van der Waals surface area contributed by atoms with Crippen LogP contribution in [0.15, 0.2) is 241 Å². The fourth-order valence-electron chi connectivity index (χ4n) is 8.80. The Morgan fingerprint density at radius 1 is 0.283 bits per heavy atom. The van der Waals surface area contributed by atoms with Crippen LogP contribution in [0.25, 0.3) is 88.3 Å². The molecule has 10 aromatic carbocycles. The smallest absolute Gasteiger partial charge is 0.143 e. The Bertz CT molecular complexity index is 3280. The van der Waals surface area contributed by atoms with Crippen molar-refractivity contribution in [3.05, 3.63) is 237 Å². The average molecular weight is 766 g/mol. The number of benzene rings is 10. The third-order valence-electron chi connectivity index (χ3n) is 11.7. The molecule has 11 rings (SSSR count). The van der Waals surface area contributed by atoms with Gasteiger partial charge in [-0.2, -0.15) is 0 Å². The van der Waals surface area contributed by atoms with E-state index in [1.165, 1.54) is 44.5 Å². The lowest BCUT2D eigenvalue weighted by atomic mass is 9.90. The van der Waals surface area contributed by atoms with Crippen LogP contribution in [0.4, 0.5) is 17.1 Å². The van der Waals surface area contributed by atoms with Gasteiger partial charge >= 0.3 is 0 Å². The Labute approximate surface area is 349 Å². The molecule has 0 saturated heterocycles. The average Bonchev–Trinajstić information content (AvgIpc) is 3.72. The molecule has 0 spiro atoms. The fraction of sp³-hybridized carbons (Fsp3) is 0. The van der Waals surface area contributed by atoms with Crippen molar-refractivity contribution < 1.29 is 4.42 Å². The number of hydrogen-bond acceptors (Lipinski definition) is 2. The summed E-state index contributed by atoms with van der Waals surface area (Å²) in [7, 11) is 0. The van der Waals surface area contributed by atoms with Crippen LogP contribution in [0.2, 0.25) is 0 Å². The van der Waals surface area contributed by atoms with E-state index in [-0.39, 0.29) is 0 Å². The van der Waals surface area contributed by atoms with Gasteiger partial charge in [0.1, 0.15) is 11.2 Å². The highest BCUT2D eigenvalue weighted by atomic mass is 16.3. The number of fused-ring (bicyclic) bond motifs is 5. The van der Waals surface area contributed by atoms with Gasteiger partial charge in [-0.15, -0.1) is 0 Å². The van der Waals surface area contributed by atoms with Gasteiger partial charge in [0.25, 0.3) is 0 Å². The zero-order valence-corrected chi connectivity index (χ0v) is 32.9. The molecule has 0 radical (unpaired) electrons. The molecule has 0 aliphatic heterocycles. The van der Waals surface area contributed by atoms with E-state index in [1.807, 2.05) is 0 Å². The van der Waals surface area contributed by atoms with Crippen LogP contribution in [0.1, 0.15) is 0 Å². The van der Waals surface area contributed by atoms with Crippen LogP contribution in [-0.2, 0) is 0 Å². The highest BCUT2D eigenvalue weighted by Gasteiger charge is 2.23. The zero-order chi connectivity index (χ0) is 39.8. The van der Waals surface area contributed by atoms with Gasteiger partial charge in [0.2, 0.25) is 0 Å². The van der Waals surface area contributed by atoms with Gasteiger partial charge in [-0.3, -0.25) is 0 Å². The van der Waals surface area contributed by atoms with E-state index in [1.54, 1.807) is 0 Å². The van der Waals surface area contributed by atoms with Crippen LogP contribution in [0.5, 0.6) is 0 Å². The maximum absolute atomic E-state index is 6.92. The molecule has 0 unspecified atom stereocenters. The number of nitrogens with zero attached hydrogens (tertiary/aromatic N) is 1. The van der Waals surface area contributed by atoms with Crippen molar-refractivity contribution in [2.75, 3.05) is 4.90 Å². The minimum atomic E-state index is 0.848. The molecule has 0 fully saturated rings. The van der Waals surface area contributed by atoms with Gasteiger partial charge in [0, 0.05) is 22.1 Å². The molecule has 0 aliphatic rings. The standard InChI is InChI=1S/C58H39NO/c1-4-16-40(17-5-1)42-30-32-43(33-31-42)44-34-36-47(37-35-44)59(48-23-14-22-46(38-48)41-18-6-2-7-19-41)55-28-15-29-56-57(55)54-39-53(51-26-12-13-27-52(51)58(54)60-56)50-25-11-10-24-49(50)45-20-8-3-9-21-45/h1-39H. The largest absolute Gasteiger partial charge is 0.455 e. The Morgan fingerprint density at radius 3 is 1.45 bits per heavy atom. The van der Waals surface area contributed by atoms with E-state index in [0.29, 0.717) is 0 Å². The number of furan rings is 1. The summed E-state index contributed by atoms with van der Waals surface area (Å²) in [5.41, 5.74) is 16.8. The summed E-state index contributed by atoms with van der Waals surface area (Å²) in [4.78, 5) is 2.39. The highest BCUT2D eigenvalue weighted by molar-refractivity contribution is 6.23. The Hall–Kier alpha value is -7.94. The third kappa shape index (κ3) is 6.32. The second-order valence-corrected chi connectivity index (χ2v) is 15.3. The van der Waals surface area contributed by atoms with Crippen molar-refractivity contribution in [1.29, 1.82) is 0 Å². The quantitative estimate of drug-likeness (QED) is 0.153. The molecule has 0 amide bonds. The monoisotopic (exact) mass is 765 g/mol. The van der Waals surface area contributed by atoms with Gasteiger partial charge in [-0.1, -0.05) is 194 Å². The first kappa shape index (κ1) is 35.2. The summed E-state index contributed by atoms with van der Waals surface area (Å²) in [6.45, 7) is 0. The van der Waals surface area contributed by atoms with E-state index in [9.17, 15) is 0 Å². The Kier molecular flexibility index (Phi) is 8.87.